The molecule has 8 heteroatoms. The SMILES string of the molecule is CC(C)(C)OC(=O)NCCCCCCCCNC(=S)NC(=O)OCC1c2ccccc2-c2ccccc21. The number of nitrogens with one attached hydrogen (secondary N) is 3. The molecular weight excluding hydrogens is 486 g/mol. The second kappa shape index (κ2) is 14.0. The van der Waals surface area contributed by atoms with E-state index in [1.54, 1.807) is 0 Å². The van der Waals surface area contributed by atoms with Crippen LogP contribution in [-0.2, 0) is 9.47 Å². The highest BCUT2D eigenvalue weighted by Gasteiger charge is 2.29. The van der Waals surface area contributed by atoms with Gasteiger partial charge in [-0.15, -0.1) is 0 Å². The quantitative estimate of drug-likeness (QED) is 0.237. The van der Waals surface area contributed by atoms with Crippen LogP contribution >= 0.6 is 12.2 Å². The number of hydrogen-bond acceptors (Lipinski definition) is 5. The highest BCUT2D eigenvalue weighted by molar-refractivity contribution is 7.80. The van der Waals surface area contributed by atoms with Crippen molar-refractivity contribution in [3.05, 3.63) is 59.7 Å². The second-order valence-corrected chi connectivity index (χ2v) is 10.7. The molecule has 37 heavy (non-hydrogen) atoms. The molecule has 0 saturated carbocycles. The summed E-state index contributed by atoms with van der Waals surface area (Å²) in [5.41, 5.74) is 4.28. The first-order chi connectivity index (χ1) is 17.7. The largest absolute Gasteiger partial charge is 0.448 e. The molecule has 0 radical (unpaired) electrons. The molecule has 0 spiro atoms. The van der Waals surface area contributed by atoms with E-state index in [2.05, 4.69) is 40.2 Å². The average Bonchev–Trinajstić information content (AvgIpc) is 3.16. The minimum Gasteiger partial charge on any atom is -0.448 e. The number of thiocarbonyl (C=S) groups is 1. The van der Waals surface area contributed by atoms with Crippen LogP contribution in [0.5, 0.6) is 0 Å². The lowest BCUT2D eigenvalue weighted by molar-refractivity contribution is 0.0527. The smallest absolute Gasteiger partial charge is 0.413 e. The van der Waals surface area contributed by atoms with Crippen molar-refractivity contribution in [2.75, 3.05) is 19.7 Å². The molecular formula is C29H39N3O4S. The molecule has 0 fully saturated rings. The first-order valence-corrected chi connectivity index (χ1v) is 13.5. The van der Waals surface area contributed by atoms with Crippen LogP contribution in [0, 0.1) is 0 Å². The van der Waals surface area contributed by atoms with Crippen molar-refractivity contribution in [2.45, 2.75) is 70.8 Å². The van der Waals surface area contributed by atoms with Gasteiger partial charge in [0.15, 0.2) is 5.11 Å². The third-order valence-corrected chi connectivity index (χ3v) is 6.36. The molecule has 3 rings (SSSR count). The van der Waals surface area contributed by atoms with E-state index < -0.39 is 11.7 Å². The molecule has 1 aliphatic rings. The van der Waals surface area contributed by atoms with Gasteiger partial charge in [-0.05, 0) is 68.1 Å². The van der Waals surface area contributed by atoms with Crippen LogP contribution < -0.4 is 16.0 Å². The predicted molar refractivity (Wildman–Crippen MR) is 151 cm³/mol. The zero-order chi connectivity index (χ0) is 26.7. The zero-order valence-electron chi connectivity index (χ0n) is 22.1. The standard InChI is InChI=1S/C29H39N3O4S/c1-29(2,3)36-27(33)31-19-13-7-5-4-6-12-18-30-26(37)32-28(34)35-20-25-23-16-10-8-14-21(23)22-15-9-11-17-24(22)25/h8-11,14-17,25H,4-7,12-13,18-20H2,1-3H3,(H,31,33)(H2,30,32,34,37). The number of benzene rings is 2. The van der Waals surface area contributed by atoms with Gasteiger partial charge in [-0.2, -0.15) is 0 Å². The van der Waals surface area contributed by atoms with Crippen molar-refractivity contribution in [1.29, 1.82) is 0 Å². The molecule has 2 amide bonds. The van der Waals surface area contributed by atoms with Gasteiger partial charge in [0.05, 0.1) is 0 Å². The third-order valence-electron chi connectivity index (χ3n) is 6.12. The van der Waals surface area contributed by atoms with Gasteiger partial charge in [-0.1, -0.05) is 74.2 Å². The molecule has 0 unspecified atom stereocenters. The number of hydrogen-bond donors (Lipinski definition) is 3. The van der Waals surface area contributed by atoms with Gasteiger partial charge in [-0.3, -0.25) is 5.32 Å². The van der Waals surface area contributed by atoms with Crippen LogP contribution in [0.4, 0.5) is 9.59 Å². The average molecular weight is 526 g/mol. The Balaban J connectivity index is 1.22. The van der Waals surface area contributed by atoms with Crippen LogP contribution in [0.2, 0.25) is 0 Å². The van der Waals surface area contributed by atoms with E-state index in [0.29, 0.717) is 13.1 Å². The number of amides is 2. The number of alkyl carbamates (subject to hydrolysis) is 2. The molecule has 2 aromatic carbocycles. The molecule has 0 atom stereocenters. The summed E-state index contributed by atoms with van der Waals surface area (Å²) in [5.74, 6) is 0.0211. The summed E-state index contributed by atoms with van der Waals surface area (Å²) < 4.78 is 10.7. The maximum Gasteiger partial charge on any atom is 0.413 e. The number of fused-ring (bicyclic) bond motifs is 3. The van der Waals surface area contributed by atoms with E-state index in [9.17, 15) is 9.59 Å². The highest BCUT2D eigenvalue weighted by Crippen LogP contribution is 2.44. The fourth-order valence-corrected chi connectivity index (χ4v) is 4.62. The van der Waals surface area contributed by atoms with Crippen molar-refractivity contribution < 1.29 is 19.1 Å². The number of carbonyl (C=O) groups excluding carboxylic acids is 2. The van der Waals surface area contributed by atoms with Gasteiger partial charge in [0.2, 0.25) is 0 Å². The first-order valence-electron chi connectivity index (χ1n) is 13.1. The van der Waals surface area contributed by atoms with E-state index in [1.807, 2.05) is 45.0 Å². The monoisotopic (exact) mass is 525 g/mol. The minimum atomic E-state index is -0.542. The Morgan fingerprint density at radius 2 is 1.30 bits per heavy atom. The summed E-state index contributed by atoms with van der Waals surface area (Å²) in [6.07, 6.45) is 5.35. The van der Waals surface area contributed by atoms with Gasteiger partial charge in [0.25, 0.3) is 0 Å². The molecule has 1 aliphatic carbocycles. The molecule has 0 bridgehead atoms. The Hall–Kier alpha value is -3.13. The van der Waals surface area contributed by atoms with Crippen LogP contribution in [0.15, 0.2) is 48.5 Å². The lowest BCUT2D eigenvalue weighted by Crippen LogP contribution is -2.40. The molecule has 0 saturated heterocycles. The van der Waals surface area contributed by atoms with Crippen LogP contribution in [-0.4, -0.2) is 42.6 Å². The fourth-order valence-electron chi connectivity index (χ4n) is 4.44. The van der Waals surface area contributed by atoms with Crippen LogP contribution in [0.1, 0.15) is 76.3 Å². The van der Waals surface area contributed by atoms with Crippen molar-refractivity contribution in [1.82, 2.24) is 16.0 Å². The van der Waals surface area contributed by atoms with Crippen LogP contribution in [0.3, 0.4) is 0 Å². The number of rotatable bonds is 11. The fraction of sp³-hybridized carbons (Fsp3) is 0.483. The predicted octanol–water partition coefficient (Wildman–Crippen LogP) is 6.26. The molecule has 200 valence electrons. The first kappa shape index (κ1) is 28.4. The molecule has 3 N–H and O–H groups in total. The van der Waals surface area contributed by atoms with Gasteiger partial charge in [0.1, 0.15) is 12.2 Å². The third kappa shape index (κ3) is 9.35. The molecule has 0 heterocycles. The summed E-state index contributed by atoms with van der Waals surface area (Å²) in [6, 6.07) is 16.5. The summed E-state index contributed by atoms with van der Waals surface area (Å²) in [4.78, 5) is 23.9. The van der Waals surface area contributed by atoms with E-state index >= 15 is 0 Å². The van der Waals surface area contributed by atoms with Crippen molar-refractivity contribution in [2.24, 2.45) is 0 Å². The van der Waals surface area contributed by atoms with Crippen molar-refractivity contribution in [3.8, 4) is 11.1 Å². The lowest BCUT2D eigenvalue weighted by atomic mass is 9.98. The van der Waals surface area contributed by atoms with Gasteiger partial charge in [-0.25, -0.2) is 9.59 Å². The summed E-state index contributed by atoms with van der Waals surface area (Å²) in [7, 11) is 0. The lowest BCUT2D eigenvalue weighted by Gasteiger charge is -2.19. The van der Waals surface area contributed by atoms with E-state index in [4.69, 9.17) is 21.7 Å². The maximum absolute atomic E-state index is 12.3. The molecule has 2 aromatic rings. The Morgan fingerprint density at radius 3 is 1.86 bits per heavy atom. The van der Waals surface area contributed by atoms with E-state index in [0.717, 1.165) is 38.5 Å². The van der Waals surface area contributed by atoms with Crippen molar-refractivity contribution in [3.63, 3.8) is 0 Å². The second-order valence-electron chi connectivity index (χ2n) is 10.3. The maximum atomic E-state index is 12.3. The summed E-state index contributed by atoms with van der Waals surface area (Å²) >= 11 is 5.24. The Morgan fingerprint density at radius 1 is 0.784 bits per heavy atom. The van der Waals surface area contributed by atoms with Crippen molar-refractivity contribution >= 4 is 29.5 Å². The Labute approximate surface area is 225 Å². The number of carbonyl (C=O) groups is 2. The van der Waals surface area contributed by atoms with E-state index in [1.165, 1.54) is 22.3 Å². The van der Waals surface area contributed by atoms with Gasteiger partial charge >= 0.3 is 12.2 Å². The summed E-state index contributed by atoms with van der Waals surface area (Å²) in [6.45, 7) is 7.15. The number of unbranched alkanes of at least 4 members (excludes halogenated alkanes) is 5. The normalized spacial score (nSPS) is 12.3. The number of ether oxygens (including phenoxy) is 2. The van der Waals surface area contributed by atoms with Gasteiger partial charge < -0.3 is 20.1 Å². The zero-order valence-corrected chi connectivity index (χ0v) is 22.9. The minimum absolute atomic E-state index is 0.0211. The van der Waals surface area contributed by atoms with Gasteiger partial charge in [0, 0.05) is 19.0 Å². The van der Waals surface area contributed by atoms with Crippen LogP contribution in [0.25, 0.3) is 11.1 Å². The Kier molecular flexibility index (Phi) is 10.7. The highest BCUT2D eigenvalue weighted by atomic mass is 32.1. The molecule has 7 nitrogen and oxygen atoms in total. The van der Waals surface area contributed by atoms with E-state index in [-0.39, 0.29) is 23.7 Å². The Bertz CT molecular complexity index is 1020. The summed E-state index contributed by atoms with van der Waals surface area (Å²) in [5, 5.41) is 8.75. The molecule has 0 aliphatic heterocycles. The topological polar surface area (TPSA) is 88.7 Å². The molecule has 0 aromatic heterocycles.